The van der Waals surface area contributed by atoms with E-state index in [1.54, 1.807) is 6.20 Å². The maximum Gasteiger partial charge on any atom is 0.263 e. The van der Waals surface area contributed by atoms with Gasteiger partial charge in [-0.25, -0.2) is 9.97 Å². The van der Waals surface area contributed by atoms with Gasteiger partial charge in [-0.3, -0.25) is 4.79 Å². The summed E-state index contributed by atoms with van der Waals surface area (Å²) in [6, 6.07) is 6.31. The summed E-state index contributed by atoms with van der Waals surface area (Å²) in [5.41, 5.74) is 4.31. The highest BCUT2D eigenvalue weighted by molar-refractivity contribution is 7.17. The SMILES string of the molecule is Cc1ccc(-c2nc(C)c(C(=O)NCCCCn3ccnc3)s2)c(C)c1. The Morgan fingerprint density at radius 2 is 2.08 bits per heavy atom. The lowest BCUT2D eigenvalue weighted by atomic mass is 10.1. The Labute approximate surface area is 158 Å². The average molecular weight is 369 g/mol. The van der Waals surface area contributed by atoms with Crippen molar-refractivity contribution in [3.05, 3.63) is 58.6 Å². The monoisotopic (exact) mass is 368 g/mol. The van der Waals surface area contributed by atoms with E-state index >= 15 is 0 Å². The number of imidazole rings is 1. The van der Waals surface area contributed by atoms with Crippen LogP contribution in [0.15, 0.2) is 36.9 Å². The molecular formula is C20H24N4OS. The maximum atomic E-state index is 12.5. The van der Waals surface area contributed by atoms with E-state index in [9.17, 15) is 4.79 Å². The van der Waals surface area contributed by atoms with Gasteiger partial charge in [0.05, 0.1) is 12.0 Å². The van der Waals surface area contributed by atoms with Crippen LogP contribution < -0.4 is 5.32 Å². The van der Waals surface area contributed by atoms with Crippen LogP contribution in [-0.4, -0.2) is 27.0 Å². The molecule has 0 fully saturated rings. The number of aromatic nitrogens is 3. The third-order valence-electron chi connectivity index (χ3n) is 4.30. The summed E-state index contributed by atoms with van der Waals surface area (Å²) in [4.78, 5) is 21.8. The fourth-order valence-corrected chi connectivity index (χ4v) is 3.97. The second kappa shape index (κ2) is 8.27. The number of hydrogen-bond acceptors (Lipinski definition) is 4. The van der Waals surface area contributed by atoms with Crippen LogP contribution in [0.5, 0.6) is 0 Å². The molecular weight excluding hydrogens is 344 g/mol. The van der Waals surface area contributed by atoms with Crippen molar-refractivity contribution in [2.45, 2.75) is 40.2 Å². The molecule has 2 heterocycles. The number of carbonyl (C=O) groups excluding carboxylic acids is 1. The minimum absolute atomic E-state index is 0.0290. The van der Waals surface area contributed by atoms with Crippen molar-refractivity contribution in [2.75, 3.05) is 6.54 Å². The fraction of sp³-hybridized carbons (Fsp3) is 0.350. The molecule has 0 atom stereocenters. The molecule has 136 valence electrons. The molecule has 3 aromatic rings. The number of unbranched alkanes of at least 4 members (excludes halogenated alkanes) is 1. The first-order valence-electron chi connectivity index (χ1n) is 8.83. The molecule has 0 saturated heterocycles. The molecule has 0 aliphatic rings. The second-order valence-corrected chi connectivity index (χ2v) is 7.51. The van der Waals surface area contributed by atoms with E-state index in [2.05, 4.69) is 47.3 Å². The zero-order valence-corrected chi connectivity index (χ0v) is 16.3. The van der Waals surface area contributed by atoms with Crippen molar-refractivity contribution in [1.82, 2.24) is 19.9 Å². The smallest absolute Gasteiger partial charge is 0.263 e. The number of aryl methyl sites for hydroxylation is 4. The Morgan fingerprint density at radius 3 is 2.81 bits per heavy atom. The van der Waals surface area contributed by atoms with Crippen molar-refractivity contribution in [2.24, 2.45) is 0 Å². The van der Waals surface area contributed by atoms with Gasteiger partial charge in [0.1, 0.15) is 9.88 Å². The third kappa shape index (κ3) is 4.38. The maximum absolute atomic E-state index is 12.5. The summed E-state index contributed by atoms with van der Waals surface area (Å²) in [7, 11) is 0. The molecule has 0 aliphatic heterocycles. The molecule has 3 rings (SSSR count). The predicted octanol–water partition coefficient (Wildman–Crippen LogP) is 4.14. The normalized spacial score (nSPS) is 10.9. The van der Waals surface area contributed by atoms with Crippen LogP contribution in [0.4, 0.5) is 0 Å². The number of carbonyl (C=O) groups is 1. The van der Waals surface area contributed by atoms with Crippen molar-refractivity contribution in [3.8, 4) is 10.6 Å². The van der Waals surface area contributed by atoms with E-state index in [-0.39, 0.29) is 5.91 Å². The van der Waals surface area contributed by atoms with Gasteiger partial charge in [-0.1, -0.05) is 23.8 Å². The summed E-state index contributed by atoms with van der Waals surface area (Å²) < 4.78 is 2.05. The molecule has 0 radical (unpaired) electrons. The van der Waals surface area contributed by atoms with Gasteiger partial charge in [0.2, 0.25) is 0 Å². The summed E-state index contributed by atoms with van der Waals surface area (Å²) in [5, 5.41) is 3.92. The summed E-state index contributed by atoms with van der Waals surface area (Å²) in [6.07, 6.45) is 7.49. The standard InChI is InChI=1S/C20H24N4OS/c1-14-6-7-17(15(2)12-14)20-23-16(3)18(26-20)19(25)22-8-4-5-10-24-11-9-21-13-24/h6-7,9,11-13H,4-5,8,10H2,1-3H3,(H,22,25). The lowest BCUT2D eigenvalue weighted by Crippen LogP contribution is -2.24. The quantitative estimate of drug-likeness (QED) is 0.638. The highest BCUT2D eigenvalue weighted by atomic mass is 32.1. The zero-order chi connectivity index (χ0) is 18.5. The average Bonchev–Trinajstić information content (AvgIpc) is 3.24. The van der Waals surface area contributed by atoms with Gasteiger partial charge in [-0.15, -0.1) is 11.3 Å². The Hall–Kier alpha value is -2.47. The fourth-order valence-electron chi connectivity index (χ4n) is 2.90. The molecule has 1 N–H and O–H groups in total. The first kappa shape index (κ1) is 18.3. The second-order valence-electron chi connectivity index (χ2n) is 6.52. The van der Waals surface area contributed by atoms with Crippen LogP contribution in [0.1, 0.15) is 39.3 Å². The van der Waals surface area contributed by atoms with E-state index in [0.29, 0.717) is 11.4 Å². The molecule has 0 bridgehead atoms. The Morgan fingerprint density at radius 1 is 1.23 bits per heavy atom. The molecule has 2 aromatic heterocycles. The number of amides is 1. The van der Waals surface area contributed by atoms with Crippen LogP contribution in [0.2, 0.25) is 0 Å². The molecule has 1 aromatic carbocycles. The number of rotatable bonds is 7. The van der Waals surface area contributed by atoms with Crippen molar-refractivity contribution < 1.29 is 4.79 Å². The lowest BCUT2D eigenvalue weighted by molar-refractivity contribution is 0.0956. The van der Waals surface area contributed by atoms with Gasteiger partial charge < -0.3 is 9.88 Å². The van der Waals surface area contributed by atoms with Gasteiger partial charge in [0.15, 0.2) is 0 Å². The topological polar surface area (TPSA) is 59.8 Å². The number of benzene rings is 1. The summed E-state index contributed by atoms with van der Waals surface area (Å²) in [6.45, 7) is 7.65. The van der Waals surface area contributed by atoms with Crippen LogP contribution in [0, 0.1) is 20.8 Å². The summed E-state index contributed by atoms with van der Waals surface area (Å²) in [5.74, 6) is -0.0290. The first-order valence-corrected chi connectivity index (χ1v) is 9.65. The highest BCUT2D eigenvalue weighted by Crippen LogP contribution is 2.30. The van der Waals surface area contributed by atoms with E-state index in [1.807, 2.05) is 24.0 Å². The first-order chi connectivity index (χ1) is 12.5. The summed E-state index contributed by atoms with van der Waals surface area (Å²) >= 11 is 1.47. The largest absolute Gasteiger partial charge is 0.351 e. The van der Waals surface area contributed by atoms with Crippen LogP contribution >= 0.6 is 11.3 Å². The number of hydrogen-bond donors (Lipinski definition) is 1. The molecule has 0 aliphatic carbocycles. The van der Waals surface area contributed by atoms with Crippen LogP contribution in [0.25, 0.3) is 10.6 Å². The molecule has 5 nitrogen and oxygen atoms in total. The van der Waals surface area contributed by atoms with Gasteiger partial charge in [0, 0.05) is 31.0 Å². The third-order valence-corrected chi connectivity index (χ3v) is 5.49. The van der Waals surface area contributed by atoms with E-state index in [1.165, 1.54) is 22.5 Å². The van der Waals surface area contributed by atoms with Crippen molar-refractivity contribution in [1.29, 1.82) is 0 Å². The van der Waals surface area contributed by atoms with Crippen LogP contribution in [-0.2, 0) is 6.54 Å². The number of nitrogens with zero attached hydrogens (tertiary/aromatic N) is 3. The van der Waals surface area contributed by atoms with E-state index in [4.69, 9.17) is 0 Å². The number of nitrogens with one attached hydrogen (secondary N) is 1. The predicted molar refractivity (Wildman–Crippen MR) is 106 cm³/mol. The van der Waals surface area contributed by atoms with Gasteiger partial charge >= 0.3 is 0 Å². The minimum Gasteiger partial charge on any atom is -0.351 e. The Bertz CT molecular complexity index is 883. The van der Waals surface area contributed by atoms with Crippen molar-refractivity contribution in [3.63, 3.8) is 0 Å². The zero-order valence-electron chi connectivity index (χ0n) is 15.5. The van der Waals surface area contributed by atoms with Crippen LogP contribution in [0.3, 0.4) is 0 Å². The van der Waals surface area contributed by atoms with E-state index < -0.39 is 0 Å². The highest BCUT2D eigenvalue weighted by Gasteiger charge is 2.16. The minimum atomic E-state index is -0.0290. The molecule has 0 spiro atoms. The molecule has 26 heavy (non-hydrogen) atoms. The number of thiazole rings is 1. The Kier molecular flexibility index (Phi) is 5.83. The molecule has 1 amide bonds. The van der Waals surface area contributed by atoms with Gasteiger partial charge in [-0.2, -0.15) is 0 Å². The molecule has 0 unspecified atom stereocenters. The molecule has 0 saturated carbocycles. The van der Waals surface area contributed by atoms with Gasteiger partial charge in [-0.05, 0) is 39.2 Å². The van der Waals surface area contributed by atoms with E-state index in [0.717, 1.165) is 35.7 Å². The van der Waals surface area contributed by atoms with Crippen molar-refractivity contribution >= 4 is 17.2 Å². The lowest BCUT2D eigenvalue weighted by Gasteiger charge is -2.05. The molecule has 6 heteroatoms. The Balaban J connectivity index is 1.57. The van der Waals surface area contributed by atoms with Gasteiger partial charge in [0.25, 0.3) is 5.91 Å².